The fourth-order valence-electron chi connectivity index (χ4n) is 0.383. The number of hydrogen-bond donors (Lipinski definition) is 0. The summed E-state index contributed by atoms with van der Waals surface area (Å²) in [5.41, 5.74) is 0.581. The smallest absolute Gasteiger partial charge is 0.432 e. The lowest BCUT2D eigenvalue weighted by molar-refractivity contribution is -0.134. The Morgan fingerprint density at radius 2 is 1.31 bits per heavy atom. The first kappa shape index (κ1) is 11.6. The minimum absolute atomic E-state index is 0.291. The lowest BCUT2D eigenvalue weighted by Crippen LogP contribution is -2.16. The van der Waals surface area contributed by atoms with E-state index in [0.29, 0.717) is 11.1 Å². The van der Waals surface area contributed by atoms with E-state index in [0.717, 1.165) is 0 Å². The molecule has 0 aliphatic carbocycles. The van der Waals surface area contributed by atoms with Crippen LogP contribution in [0.5, 0.6) is 0 Å². The van der Waals surface area contributed by atoms with Crippen molar-refractivity contribution in [1.29, 1.82) is 0 Å². The molecular weight excluding hydrogens is 188 g/mol. The van der Waals surface area contributed by atoms with Crippen LogP contribution in [0.25, 0.3) is 0 Å². The van der Waals surface area contributed by atoms with Gasteiger partial charge in [0.25, 0.3) is 0 Å². The zero-order valence-electron chi connectivity index (χ0n) is 7.75. The van der Waals surface area contributed by atoms with E-state index in [4.69, 9.17) is 0 Å². The molecule has 0 rings (SSSR count). The van der Waals surface area contributed by atoms with Gasteiger partial charge >= 0.3 is 21.9 Å². The van der Waals surface area contributed by atoms with Crippen molar-refractivity contribution in [2.75, 3.05) is 0 Å². The second kappa shape index (κ2) is 5.31. The van der Waals surface area contributed by atoms with Gasteiger partial charge in [-0.3, -0.25) is 0 Å². The van der Waals surface area contributed by atoms with Crippen molar-refractivity contribution in [3.63, 3.8) is 0 Å². The molecule has 0 radical (unpaired) electrons. The molecule has 0 aromatic heterocycles. The maximum atomic E-state index is 10.8. The Hall–Kier alpha value is -1.36. The predicted octanol–water partition coefficient (Wildman–Crippen LogP) is 0.224. The summed E-state index contributed by atoms with van der Waals surface area (Å²) in [6.07, 6.45) is 0. The van der Waals surface area contributed by atoms with Gasteiger partial charge in [-0.1, -0.05) is 13.2 Å². The van der Waals surface area contributed by atoms with Gasteiger partial charge in [0.15, 0.2) is 0 Å². The molecule has 72 valence electrons. The standard InChI is InChI=1S/C8H12O4Si/c1-5(2)7(9)11-13-12-8(10)6(3)4/h1,3,13H2,2,4H3. The van der Waals surface area contributed by atoms with Crippen LogP contribution in [-0.2, 0) is 18.4 Å². The number of carbonyl (C=O) groups excluding carboxylic acids is 2. The van der Waals surface area contributed by atoms with Gasteiger partial charge in [-0.2, -0.15) is 0 Å². The molecule has 0 saturated carbocycles. The molecule has 0 heterocycles. The second-order valence-electron chi connectivity index (χ2n) is 2.54. The van der Waals surface area contributed by atoms with Gasteiger partial charge in [-0.05, 0) is 13.8 Å². The number of hydrogen-bond acceptors (Lipinski definition) is 4. The highest BCUT2D eigenvalue weighted by molar-refractivity contribution is 6.28. The van der Waals surface area contributed by atoms with E-state index in [2.05, 4.69) is 22.0 Å². The number of carbonyl (C=O) groups is 2. The maximum Gasteiger partial charge on any atom is 0.432 e. The van der Waals surface area contributed by atoms with Gasteiger partial charge in [0.1, 0.15) is 0 Å². The fourth-order valence-corrected chi connectivity index (χ4v) is 1.15. The molecular formula is C8H12O4Si. The van der Waals surface area contributed by atoms with Crippen LogP contribution in [0.1, 0.15) is 13.8 Å². The summed E-state index contributed by atoms with van der Waals surface area (Å²) in [6, 6.07) is 0. The highest BCUT2D eigenvalue weighted by atomic mass is 28.3. The lowest BCUT2D eigenvalue weighted by atomic mass is 10.4. The fraction of sp³-hybridized carbons (Fsp3) is 0.250. The molecule has 0 aliphatic rings. The highest BCUT2D eigenvalue weighted by Gasteiger charge is 2.06. The van der Waals surface area contributed by atoms with Gasteiger partial charge in [-0.15, -0.1) is 0 Å². The average molecular weight is 200 g/mol. The van der Waals surface area contributed by atoms with Gasteiger partial charge in [0, 0.05) is 11.1 Å². The Labute approximate surface area is 79.3 Å². The minimum Gasteiger partial charge on any atom is -0.486 e. The molecule has 4 nitrogen and oxygen atoms in total. The van der Waals surface area contributed by atoms with Crippen LogP contribution in [0.3, 0.4) is 0 Å². The van der Waals surface area contributed by atoms with E-state index >= 15 is 0 Å². The van der Waals surface area contributed by atoms with Crippen molar-refractivity contribution in [2.45, 2.75) is 13.8 Å². The first-order valence-corrected chi connectivity index (χ1v) is 4.76. The average Bonchev–Trinajstić information content (AvgIpc) is 2.03. The summed E-state index contributed by atoms with van der Waals surface area (Å²) >= 11 is 0. The maximum absolute atomic E-state index is 10.8. The molecule has 0 N–H and O–H groups in total. The monoisotopic (exact) mass is 200 g/mol. The van der Waals surface area contributed by atoms with Crippen molar-refractivity contribution in [1.82, 2.24) is 0 Å². The van der Waals surface area contributed by atoms with Gasteiger partial charge in [-0.25, -0.2) is 9.59 Å². The quantitative estimate of drug-likeness (QED) is 0.481. The van der Waals surface area contributed by atoms with E-state index in [-0.39, 0.29) is 0 Å². The summed E-state index contributed by atoms with van der Waals surface area (Å²) in [5.74, 6) is -1.05. The Morgan fingerprint density at radius 1 is 1.00 bits per heavy atom. The molecule has 5 heteroatoms. The van der Waals surface area contributed by atoms with Crippen LogP contribution in [0, 0.1) is 0 Å². The van der Waals surface area contributed by atoms with Crippen molar-refractivity contribution in [3.05, 3.63) is 24.3 Å². The van der Waals surface area contributed by atoms with Crippen LogP contribution >= 0.6 is 0 Å². The molecule has 13 heavy (non-hydrogen) atoms. The van der Waals surface area contributed by atoms with Crippen molar-refractivity contribution in [3.8, 4) is 0 Å². The Balaban J connectivity index is 3.69. The summed E-state index contributed by atoms with van der Waals surface area (Å²) in [5, 5.41) is 0. The van der Waals surface area contributed by atoms with Crippen LogP contribution in [0.2, 0.25) is 0 Å². The molecule has 0 amide bonds. The van der Waals surface area contributed by atoms with Crippen LogP contribution in [0.4, 0.5) is 0 Å². The largest absolute Gasteiger partial charge is 0.486 e. The molecule has 0 fully saturated rings. The molecule has 0 atom stereocenters. The zero-order valence-corrected chi connectivity index (χ0v) is 9.17. The normalized spacial score (nSPS) is 8.77. The molecule has 0 saturated heterocycles. The molecule has 0 aromatic carbocycles. The SMILES string of the molecule is C=C(C)C(=O)O[SiH2]OC(=O)C(=C)C. The first-order chi connectivity index (χ1) is 5.95. The van der Waals surface area contributed by atoms with Crippen molar-refractivity contribution < 1.29 is 18.4 Å². The third-order valence-corrected chi connectivity index (χ3v) is 1.84. The Bertz CT molecular complexity index is 231. The Morgan fingerprint density at radius 3 is 1.54 bits per heavy atom. The van der Waals surface area contributed by atoms with E-state index < -0.39 is 21.9 Å². The third-order valence-electron chi connectivity index (χ3n) is 1.08. The zero-order chi connectivity index (χ0) is 10.4. The summed E-state index contributed by atoms with van der Waals surface area (Å²) in [7, 11) is -1.59. The van der Waals surface area contributed by atoms with Gasteiger partial charge in [0.05, 0.1) is 0 Å². The number of rotatable bonds is 4. The predicted molar refractivity (Wildman–Crippen MR) is 50.4 cm³/mol. The highest BCUT2D eigenvalue weighted by Crippen LogP contribution is 1.93. The topological polar surface area (TPSA) is 52.6 Å². The first-order valence-electron chi connectivity index (χ1n) is 3.60. The lowest BCUT2D eigenvalue weighted by Gasteiger charge is -2.04. The van der Waals surface area contributed by atoms with Crippen LogP contribution < -0.4 is 0 Å². The summed E-state index contributed by atoms with van der Waals surface area (Å²) < 4.78 is 9.28. The summed E-state index contributed by atoms with van der Waals surface area (Å²) in [4.78, 5) is 21.6. The molecule has 0 bridgehead atoms. The molecule has 0 unspecified atom stereocenters. The minimum atomic E-state index is -1.59. The summed E-state index contributed by atoms with van der Waals surface area (Å²) in [6.45, 7) is 9.81. The Kier molecular flexibility index (Phi) is 4.76. The molecule has 0 aliphatic heterocycles. The van der Waals surface area contributed by atoms with E-state index in [1.165, 1.54) is 13.8 Å². The second-order valence-corrected chi connectivity index (χ2v) is 3.36. The molecule has 0 spiro atoms. The third kappa shape index (κ3) is 4.97. The van der Waals surface area contributed by atoms with E-state index in [1.807, 2.05) is 0 Å². The van der Waals surface area contributed by atoms with E-state index in [9.17, 15) is 9.59 Å². The van der Waals surface area contributed by atoms with Gasteiger partial charge in [0.2, 0.25) is 0 Å². The van der Waals surface area contributed by atoms with Crippen LogP contribution in [0.15, 0.2) is 24.3 Å². The van der Waals surface area contributed by atoms with Crippen LogP contribution in [-0.4, -0.2) is 21.9 Å². The van der Waals surface area contributed by atoms with Crippen molar-refractivity contribution in [2.24, 2.45) is 0 Å². The van der Waals surface area contributed by atoms with E-state index in [1.54, 1.807) is 0 Å². The van der Waals surface area contributed by atoms with Gasteiger partial charge < -0.3 is 8.85 Å². The molecule has 0 aromatic rings. The van der Waals surface area contributed by atoms with Crippen molar-refractivity contribution >= 4 is 21.9 Å².